The number of aromatic amines is 1. The molecular weight excluding hydrogens is 242 g/mol. The number of aromatic carboxylic acids is 1. The zero-order valence-corrected chi connectivity index (χ0v) is 9.54. The van der Waals surface area contributed by atoms with Crippen molar-refractivity contribution in [1.29, 1.82) is 0 Å². The van der Waals surface area contributed by atoms with Gasteiger partial charge in [0.05, 0.1) is 4.88 Å². The summed E-state index contributed by atoms with van der Waals surface area (Å²) in [6, 6.07) is 3.32. The lowest BCUT2D eigenvalue weighted by molar-refractivity contribution is 0.0686. The van der Waals surface area contributed by atoms with E-state index in [9.17, 15) is 4.79 Å². The highest BCUT2D eigenvalue weighted by Crippen LogP contribution is 2.33. The molecule has 0 bridgehead atoms. The molecule has 0 spiro atoms. The normalized spacial score (nSPS) is 11.1. The quantitative estimate of drug-likeness (QED) is 0.726. The zero-order valence-electron chi connectivity index (χ0n) is 8.72. The van der Waals surface area contributed by atoms with Gasteiger partial charge in [0.1, 0.15) is 4.83 Å². The summed E-state index contributed by atoms with van der Waals surface area (Å²) in [5.41, 5.74) is 0.879. The average molecular weight is 249 g/mol. The Morgan fingerprint density at radius 3 is 3.00 bits per heavy atom. The third-order valence-corrected chi connectivity index (χ3v) is 3.46. The Hall–Kier alpha value is -2.15. The Morgan fingerprint density at radius 2 is 2.35 bits per heavy atom. The summed E-state index contributed by atoms with van der Waals surface area (Å²) in [6.07, 6.45) is 0. The van der Waals surface area contributed by atoms with E-state index in [4.69, 9.17) is 9.63 Å². The number of nitrogens with one attached hydrogen (secondary N) is 1. The van der Waals surface area contributed by atoms with Crippen LogP contribution >= 0.6 is 11.3 Å². The smallest absolute Gasteiger partial charge is 0.358 e. The molecule has 6 nitrogen and oxygen atoms in total. The molecule has 2 N–H and O–H groups in total. The number of hydrogen-bond donors (Lipinski definition) is 2. The van der Waals surface area contributed by atoms with Crippen molar-refractivity contribution in [1.82, 2.24) is 15.4 Å². The SMILES string of the molecule is Cc1[nH]nc2sc(-c3cc(C(=O)O)no3)cc12. The van der Waals surface area contributed by atoms with Gasteiger partial charge in [0.15, 0.2) is 11.5 Å². The van der Waals surface area contributed by atoms with Crippen molar-refractivity contribution in [3.05, 3.63) is 23.5 Å². The summed E-state index contributed by atoms with van der Waals surface area (Å²) >= 11 is 1.43. The number of aryl methyl sites for hydroxylation is 1. The lowest BCUT2D eigenvalue weighted by Gasteiger charge is -1.85. The van der Waals surface area contributed by atoms with Gasteiger partial charge in [-0.05, 0) is 13.0 Å². The molecule has 0 aliphatic heterocycles. The van der Waals surface area contributed by atoms with Gasteiger partial charge in [0.2, 0.25) is 0 Å². The fourth-order valence-corrected chi connectivity index (χ4v) is 2.54. The summed E-state index contributed by atoms with van der Waals surface area (Å²) in [5, 5.41) is 20.2. The van der Waals surface area contributed by atoms with Crippen LogP contribution in [0.15, 0.2) is 16.7 Å². The van der Waals surface area contributed by atoms with Gasteiger partial charge in [-0.25, -0.2) is 4.79 Å². The summed E-state index contributed by atoms with van der Waals surface area (Å²) in [6.45, 7) is 1.93. The lowest BCUT2D eigenvalue weighted by atomic mass is 10.2. The molecule has 0 atom stereocenters. The monoisotopic (exact) mass is 249 g/mol. The number of carboxylic acid groups (broad SMARTS) is 1. The van der Waals surface area contributed by atoms with E-state index in [1.165, 1.54) is 17.4 Å². The first-order valence-electron chi connectivity index (χ1n) is 4.80. The van der Waals surface area contributed by atoms with Gasteiger partial charge in [-0.2, -0.15) is 5.10 Å². The molecule has 0 amide bonds. The molecule has 0 aromatic carbocycles. The second-order valence-corrected chi connectivity index (χ2v) is 4.59. The second kappa shape index (κ2) is 3.42. The summed E-state index contributed by atoms with van der Waals surface area (Å²) in [5.74, 6) is -0.650. The number of carboxylic acids is 1. The third kappa shape index (κ3) is 1.51. The molecule has 7 heteroatoms. The molecule has 3 aromatic heterocycles. The average Bonchev–Trinajstić information content (AvgIpc) is 2.95. The van der Waals surface area contributed by atoms with E-state index in [2.05, 4.69) is 15.4 Å². The van der Waals surface area contributed by atoms with E-state index in [0.29, 0.717) is 5.76 Å². The van der Waals surface area contributed by atoms with Gasteiger partial charge in [-0.1, -0.05) is 5.16 Å². The first kappa shape index (κ1) is 10.0. The van der Waals surface area contributed by atoms with Crippen LogP contribution in [0.3, 0.4) is 0 Å². The van der Waals surface area contributed by atoms with Gasteiger partial charge < -0.3 is 9.63 Å². The summed E-state index contributed by atoms with van der Waals surface area (Å²) < 4.78 is 4.99. The molecule has 3 aromatic rings. The number of nitrogens with zero attached hydrogens (tertiary/aromatic N) is 2. The molecule has 3 rings (SSSR count). The van der Waals surface area contributed by atoms with E-state index >= 15 is 0 Å². The van der Waals surface area contributed by atoms with E-state index in [0.717, 1.165) is 20.8 Å². The van der Waals surface area contributed by atoms with E-state index in [1.807, 2.05) is 13.0 Å². The predicted octanol–water partition coefficient (Wildman–Crippen LogP) is 2.29. The number of H-pyrrole nitrogens is 1. The van der Waals surface area contributed by atoms with Crippen molar-refractivity contribution in [3.8, 4) is 10.6 Å². The lowest BCUT2D eigenvalue weighted by Crippen LogP contribution is -1.94. The third-order valence-electron chi connectivity index (χ3n) is 2.41. The van der Waals surface area contributed by atoms with Gasteiger partial charge in [-0.15, -0.1) is 11.3 Å². The van der Waals surface area contributed by atoms with Crippen LogP contribution in [0.2, 0.25) is 0 Å². The molecule has 0 unspecified atom stereocenters. The molecule has 3 heterocycles. The number of rotatable bonds is 2. The Morgan fingerprint density at radius 1 is 1.53 bits per heavy atom. The molecule has 0 saturated heterocycles. The highest BCUT2D eigenvalue weighted by molar-refractivity contribution is 7.21. The molecule has 0 saturated carbocycles. The zero-order chi connectivity index (χ0) is 12.0. The van der Waals surface area contributed by atoms with Crippen LogP contribution in [0.1, 0.15) is 16.2 Å². The molecule has 86 valence electrons. The Bertz CT molecular complexity index is 709. The standard InChI is InChI=1S/C10H7N3O3S/c1-4-5-2-8(17-9(5)12-11-4)7-3-6(10(14)15)13-16-7/h2-3H,1H3,(H,11,12)(H,14,15). The van der Waals surface area contributed by atoms with Crippen molar-refractivity contribution in [2.24, 2.45) is 0 Å². The maximum absolute atomic E-state index is 10.7. The molecule has 0 aliphatic carbocycles. The summed E-state index contributed by atoms with van der Waals surface area (Å²) in [4.78, 5) is 12.4. The first-order valence-corrected chi connectivity index (χ1v) is 5.61. The Balaban J connectivity index is 2.10. The Kier molecular flexibility index (Phi) is 2.02. The van der Waals surface area contributed by atoms with Crippen LogP contribution in [-0.2, 0) is 0 Å². The number of carbonyl (C=O) groups is 1. The van der Waals surface area contributed by atoms with Crippen LogP contribution in [0.4, 0.5) is 0 Å². The second-order valence-electron chi connectivity index (χ2n) is 3.56. The molecule has 0 radical (unpaired) electrons. The largest absolute Gasteiger partial charge is 0.476 e. The topological polar surface area (TPSA) is 92.0 Å². The van der Waals surface area contributed by atoms with Gasteiger partial charge >= 0.3 is 5.97 Å². The maximum Gasteiger partial charge on any atom is 0.358 e. The maximum atomic E-state index is 10.7. The number of aromatic nitrogens is 3. The number of fused-ring (bicyclic) bond motifs is 1. The minimum Gasteiger partial charge on any atom is -0.476 e. The van der Waals surface area contributed by atoms with Crippen LogP contribution in [0.5, 0.6) is 0 Å². The van der Waals surface area contributed by atoms with Crippen molar-refractivity contribution in [2.45, 2.75) is 6.92 Å². The molecule has 17 heavy (non-hydrogen) atoms. The van der Waals surface area contributed by atoms with Crippen molar-refractivity contribution >= 4 is 27.5 Å². The van der Waals surface area contributed by atoms with Gasteiger partial charge in [-0.3, -0.25) is 5.10 Å². The van der Waals surface area contributed by atoms with E-state index in [-0.39, 0.29) is 5.69 Å². The minimum absolute atomic E-state index is 0.0932. The van der Waals surface area contributed by atoms with Gasteiger partial charge in [0, 0.05) is 17.1 Å². The van der Waals surface area contributed by atoms with E-state index < -0.39 is 5.97 Å². The van der Waals surface area contributed by atoms with Crippen LogP contribution in [0, 0.1) is 6.92 Å². The fourth-order valence-electron chi connectivity index (χ4n) is 1.54. The molecule has 0 aliphatic rings. The highest BCUT2D eigenvalue weighted by atomic mass is 32.1. The van der Waals surface area contributed by atoms with Crippen LogP contribution < -0.4 is 0 Å². The number of thiophene rings is 1. The number of hydrogen-bond acceptors (Lipinski definition) is 5. The fraction of sp³-hybridized carbons (Fsp3) is 0.100. The minimum atomic E-state index is -1.10. The molecular formula is C10H7N3O3S. The highest BCUT2D eigenvalue weighted by Gasteiger charge is 2.15. The van der Waals surface area contributed by atoms with Crippen LogP contribution in [-0.4, -0.2) is 26.4 Å². The van der Waals surface area contributed by atoms with Crippen molar-refractivity contribution in [2.75, 3.05) is 0 Å². The van der Waals surface area contributed by atoms with Gasteiger partial charge in [0.25, 0.3) is 0 Å². The predicted molar refractivity (Wildman–Crippen MR) is 61.2 cm³/mol. The van der Waals surface area contributed by atoms with Crippen LogP contribution in [0.25, 0.3) is 20.9 Å². The van der Waals surface area contributed by atoms with E-state index in [1.54, 1.807) is 0 Å². The van der Waals surface area contributed by atoms with Crippen molar-refractivity contribution in [3.63, 3.8) is 0 Å². The molecule has 0 fully saturated rings. The Labute approximate surface area is 98.9 Å². The summed E-state index contributed by atoms with van der Waals surface area (Å²) in [7, 11) is 0. The van der Waals surface area contributed by atoms with Crippen molar-refractivity contribution < 1.29 is 14.4 Å². The first-order chi connectivity index (χ1) is 8.15.